The van der Waals surface area contributed by atoms with Gasteiger partial charge in [-0.3, -0.25) is 0 Å². The third-order valence-electron chi connectivity index (χ3n) is 4.75. The Kier molecular flexibility index (Phi) is 5.34. The first kappa shape index (κ1) is 20.2. The lowest BCUT2D eigenvalue weighted by atomic mass is 9.92. The topological polar surface area (TPSA) is 165 Å². The van der Waals surface area contributed by atoms with Gasteiger partial charge in [-0.2, -0.15) is 10.4 Å². The number of fused-ring (bicyclic) bond motifs is 1. The molecule has 4 rings (SSSR count). The highest BCUT2D eigenvalue weighted by molar-refractivity contribution is 7.33. The van der Waals surface area contributed by atoms with Gasteiger partial charge >= 0.3 is 8.25 Å². The summed E-state index contributed by atoms with van der Waals surface area (Å²) in [5.41, 5.74) is 4.43. The zero-order chi connectivity index (χ0) is 21.3. The van der Waals surface area contributed by atoms with Crippen LogP contribution in [-0.2, 0) is 19.4 Å². The minimum absolute atomic E-state index is 0.160. The van der Waals surface area contributed by atoms with Crippen LogP contribution in [0.4, 0.5) is 5.82 Å². The SMILES string of the molecule is N#C[C@@]1(c2ccc3c(N)ncnn23)O[C@H](CO[P+](=O)Oc2ccccc2)[C@@H](O)[C@H]1O. The molecule has 2 aromatic heterocycles. The van der Waals surface area contributed by atoms with Gasteiger partial charge in [-0.25, -0.2) is 14.0 Å². The number of para-hydroxylation sites is 1. The van der Waals surface area contributed by atoms with E-state index in [-0.39, 0.29) is 18.1 Å². The summed E-state index contributed by atoms with van der Waals surface area (Å²) in [4.78, 5) is 3.87. The number of ether oxygens (including phenoxy) is 1. The zero-order valence-electron chi connectivity index (χ0n) is 15.4. The summed E-state index contributed by atoms with van der Waals surface area (Å²) in [7, 11) is -2.57. The molecule has 0 radical (unpaired) electrons. The van der Waals surface area contributed by atoms with E-state index in [0.29, 0.717) is 11.3 Å². The van der Waals surface area contributed by atoms with Crippen molar-refractivity contribution in [3.8, 4) is 11.8 Å². The number of nitriles is 1. The highest BCUT2D eigenvalue weighted by atomic mass is 31.1. The minimum atomic E-state index is -2.57. The molecule has 0 aliphatic carbocycles. The lowest BCUT2D eigenvalue weighted by molar-refractivity contribution is -0.0612. The molecule has 30 heavy (non-hydrogen) atoms. The van der Waals surface area contributed by atoms with Gasteiger partial charge in [0.05, 0.1) is 5.69 Å². The van der Waals surface area contributed by atoms with Gasteiger partial charge in [0.2, 0.25) is 5.60 Å². The third-order valence-corrected chi connectivity index (χ3v) is 5.47. The first-order valence-corrected chi connectivity index (χ1v) is 9.93. The van der Waals surface area contributed by atoms with E-state index in [1.165, 1.54) is 16.9 Å². The lowest BCUT2D eigenvalue weighted by Gasteiger charge is -2.24. The van der Waals surface area contributed by atoms with Crippen molar-refractivity contribution in [2.75, 3.05) is 12.3 Å². The molecular formula is C18H17N5O6P+. The Morgan fingerprint density at radius 2 is 2.07 bits per heavy atom. The smallest absolute Gasteiger partial charge is 0.387 e. The molecule has 1 aliphatic heterocycles. The maximum absolute atomic E-state index is 12.0. The maximum atomic E-state index is 12.0. The van der Waals surface area contributed by atoms with Crippen LogP contribution in [0.25, 0.3) is 5.52 Å². The molecule has 0 amide bonds. The summed E-state index contributed by atoms with van der Waals surface area (Å²) in [6, 6.07) is 13.4. The van der Waals surface area contributed by atoms with Crippen LogP contribution in [0.5, 0.6) is 5.75 Å². The fourth-order valence-corrected chi connectivity index (χ4v) is 3.89. The van der Waals surface area contributed by atoms with E-state index < -0.39 is 32.2 Å². The zero-order valence-corrected chi connectivity index (χ0v) is 16.3. The molecule has 4 N–H and O–H groups in total. The van der Waals surface area contributed by atoms with Gasteiger partial charge in [-0.1, -0.05) is 18.2 Å². The average molecular weight is 430 g/mol. The van der Waals surface area contributed by atoms with Crippen LogP contribution < -0.4 is 10.3 Å². The number of nitrogens with zero attached hydrogens (tertiary/aromatic N) is 4. The Hall–Kier alpha value is -3.13. The van der Waals surface area contributed by atoms with Crippen LogP contribution >= 0.6 is 8.25 Å². The molecule has 0 saturated carbocycles. The Bertz CT molecular complexity index is 1120. The minimum Gasteiger partial charge on any atom is -0.387 e. The van der Waals surface area contributed by atoms with E-state index in [1.54, 1.807) is 36.4 Å². The number of anilines is 1. The number of rotatable bonds is 6. The van der Waals surface area contributed by atoms with Gasteiger partial charge < -0.3 is 20.7 Å². The van der Waals surface area contributed by atoms with Gasteiger partial charge in [0.15, 0.2) is 11.6 Å². The van der Waals surface area contributed by atoms with Crippen LogP contribution in [0.15, 0.2) is 48.8 Å². The summed E-state index contributed by atoms with van der Waals surface area (Å²) < 4.78 is 29.4. The van der Waals surface area contributed by atoms with Crippen molar-refractivity contribution in [2.45, 2.75) is 23.9 Å². The standard InChI is InChI=1S/C18H17N5O6P/c19-9-18(14-7-6-12-17(20)21-10-22-23(12)14)16(25)15(24)13(28-18)8-27-30(26)29-11-4-2-1-3-5-11/h1-7,10,13,15-16,24-25H,8H2,(H2,20,21,22)/q+1/t13-,15-,16-,18+/m1/s1. The second-order valence-electron chi connectivity index (χ2n) is 6.52. The van der Waals surface area contributed by atoms with Gasteiger partial charge in [0.25, 0.3) is 0 Å². The Morgan fingerprint density at radius 3 is 2.80 bits per heavy atom. The number of hydrogen-bond acceptors (Lipinski definition) is 10. The molecule has 0 bridgehead atoms. The first-order valence-electron chi connectivity index (χ1n) is 8.83. The number of aliphatic hydroxyl groups is 2. The van der Waals surface area contributed by atoms with E-state index in [1.807, 2.05) is 6.07 Å². The second kappa shape index (κ2) is 7.95. The number of nitrogen functional groups attached to an aromatic ring is 1. The van der Waals surface area contributed by atoms with Crippen molar-refractivity contribution >= 4 is 19.6 Å². The van der Waals surface area contributed by atoms with E-state index >= 15 is 0 Å². The van der Waals surface area contributed by atoms with Crippen molar-refractivity contribution in [2.24, 2.45) is 0 Å². The lowest BCUT2D eigenvalue weighted by Crippen LogP contribution is -2.41. The van der Waals surface area contributed by atoms with Crippen LogP contribution in [0.1, 0.15) is 5.69 Å². The Morgan fingerprint density at radius 1 is 1.30 bits per heavy atom. The molecule has 0 spiro atoms. The molecule has 154 valence electrons. The Balaban J connectivity index is 1.53. The Labute approximate surface area is 171 Å². The van der Waals surface area contributed by atoms with Gasteiger partial charge in [-0.05, 0) is 24.3 Å². The first-order chi connectivity index (χ1) is 14.5. The monoisotopic (exact) mass is 430 g/mol. The predicted octanol–water partition coefficient (Wildman–Crippen LogP) is 0.904. The van der Waals surface area contributed by atoms with Crippen molar-refractivity contribution in [3.05, 3.63) is 54.5 Å². The van der Waals surface area contributed by atoms with E-state index in [9.17, 15) is 20.0 Å². The normalized spacial score (nSPS) is 26.4. The van der Waals surface area contributed by atoms with Crippen molar-refractivity contribution in [1.29, 1.82) is 5.26 Å². The maximum Gasteiger partial charge on any atom is 0.750 e. The van der Waals surface area contributed by atoms with Crippen LogP contribution in [-0.4, -0.2) is 49.7 Å². The highest BCUT2D eigenvalue weighted by Gasteiger charge is 2.58. The van der Waals surface area contributed by atoms with Crippen molar-refractivity contribution in [1.82, 2.24) is 14.6 Å². The molecule has 5 atom stereocenters. The molecule has 1 fully saturated rings. The fourth-order valence-electron chi connectivity index (χ4n) is 3.28. The van der Waals surface area contributed by atoms with E-state index in [2.05, 4.69) is 10.1 Å². The molecule has 12 heteroatoms. The average Bonchev–Trinajstić information content (AvgIpc) is 3.29. The highest BCUT2D eigenvalue weighted by Crippen LogP contribution is 2.41. The number of aliphatic hydroxyl groups excluding tert-OH is 2. The second-order valence-corrected chi connectivity index (χ2v) is 7.41. The largest absolute Gasteiger partial charge is 0.750 e. The number of benzene rings is 1. The quantitative estimate of drug-likeness (QED) is 0.478. The van der Waals surface area contributed by atoms with E-state index in [0.717, 1.165) is 0 Å². The summed E-state index contributed by atoms with van der Waals surface area (Å²) in [6.45, 7) is -0.385. The molecule has 1 aromatic carbocycles. The molecule has 3 heterocycles. The van der Waals surface area contributed by atoms with Crippen LogP contribution in [0.3, 0.4) is 0 Å². The third kappa shape index (κ3) is 3.37. The fraction of sp³-hybridized carbons (Fsp3) is 0.278. The van der Waals surface area contributed by atoms with Gasteiger partial charge in [-0.15, -0.1) is 4.52 Å². The molecule has 1 unspecified atom stereocenters. The molecule has 1 aliphatic rings. The molecule has 1 saturated heterocycles. The van der Waals surface area contributed by atoms with E-state index in [4.69, 9.17) is 19.5 Å². The van der Waals surface area contributed by atoms with Gasteiger partial charge in [0, 0.05) is 4.57 Å². The molecular weight excluding hydrogens is 413 g/mol. The van der Waals surface area contributed by atoms with Crippen molar-refractivity contribution in [3.63, 3.8) is 0 Å². The summed E-state index contributed by atoms with van der Waals surface area (Å²) in [5.74, 6) is 0.516. The van der Waals surface area contributed by atoms with Crippen molar-refractivity contribution < 1.29 is 28.6 Å². The number of nitrogens with two attached hydrogens (primary N) is 1. The summed E-state index contributed by atoms with van der Waals surface area (Å²) in [5, 5.41) is 35.0. The van der Waals surface area contributed by atoms with Gasteiger partial charge in [0.1, 0.15) is 42.8 Å². The summed E-state index contributed by atoms with van der Waals surface area (Å²) in [6.07, 6.45) is -3.07. The predicted molar refractivity (Wildman–Crippen MR) is 102 cm³/mol. The molecule has 3 aromatic rings. The van der Waals surface area contributed by atoms with Crippen LogP contribution in [0, 0.1) is 11.3 Å². The van der Waals surface area contributed by atoms with Crippen LogP contribution in [0.2, 0.25) is 0 Å². The molecule has 11 nitrogen and oxygen atoms in total. The summed E-state index contributed by atoms with van der Waals surface area (Å²) >= 11 is 0. The number of hydrogen-bond donors (Lipinski definition) is 3. The number of aromatic nitrogens is 3.